The lowest BCUT2D eigenvalue weighted by Gasteiger charge is -2.29. The molecule has 0 aliphatic carbocycles. The number of amides is 1. The van der Waals surface area contributed by atoms with Crippen molar-refractivity contribution in [2.75, 3.05) is 6.54 Å². The van der Waals surface area contributed by atoms with E-state index >= 15 is 0 Å². The summed E-state index contributed by atoms with van der Waals surface area (Å²) in [5, 5.41) is 12.2. The Kier molecular flexibility index (Phi) is 5.85. The van der Waals surface area contributed by atoms with Gasteiger partial charge in [0.2, 0.25) is 5.91 Å². The van der Waals surface area contributed by atoms with E-state index in [1.165, 1.54) is 6.07 Å². The molecule has 0 saturated heterocycles. The first kappa shape index (κ1) is 18.6. The Morgan fingerprint density at radius 3 is 2.16 bits per heavy atom. The summed E-state index contributed by atoms with van der Waals surface area (Å²) in [6, 6.07) is 11.9. The molecule has 0 aromatic heterocycles. The fraction of sp³-hybridized carbons (Fsp3) is 0.263. The van der Waals surface area contributed by atoms with Crippen molar-refractivity contribution in [2.45, 2.75) is 25.2 Å². The lowest BCUT2D eigenvalue weighted by Crippen LogP contribution is -2.46. The normalized spacial score (nSPS) is 13.1. The molecule has 1 unspecified atom stereocenters. The molecule has 0 fully saturated rings. The van der Waals surface area contributed by atoms with Gasteiger partial charge in [0.05, 0.1) is 6.42 Å². The number of benzene rings is 2. The first-order valence-corrected chi connectivity index (χ1v) is 7.89. The van der Waals surface area contributed by atoms with Crippen molar-refractivity contribution in [1.82, 2.24) is 5.32 Å². The zero-order valence-corrected chi connectivity index (χ0v) is 13.8. The van der Waals surface area contributed by atoms with Crippen molar-refractivity contribution in [3.8, 4) is 0 Å². The third kappa shape index (κ3) is 4.02. The van der Waals surface area contributed by atoms with Crippen molar-refractivity contribution < 1.29 is 23.5 Å². The maximum Gasteiger partial charge on any atom is 0.315 e. The molecule has 6 heteroatoms. The summed E-state index contributed by atoms with van der Waals surface area (Å²) in [7, 11) is 0. The predicted octanol–water partition coefficient (Wildman–Crippen LogP) is 3.06. The fourth-order valence-corrected chi connectivity index (χ4v) is 2.71. The van der Waals surface area contributed by atoms with E-state index in [4.69, 9.17) is 0 Å². The summed E-state index contributed by atoms with van der Waals surface area (Å²) < 4.78 is 27.3. The topological polar surface area (TPSA) is 66.4 Å². The van der Waals surface area contributed by atoms with Gasteiger partial charge in [0.15, 0.2) is 0 Å². The lowest BCUT2D eigenvalue weighted by atomic mass is 9.78. The van der Waals surface area contributed by atoms with Crippen LogP contribution in [0.2, 0.25) is 0 Å². The van der Waals surface area contributed by atoms with Crippen LogP contribution in [0.15, 0.2) is 48.5 Å². The summed E-state index contributed by atoms with van der Waals surface area (Å²) in [6.45, 7) is 1.54. The van der Waals surface area contributed by atoms with E-state index in [1.54, 1.807) is 37.3 Å². The third-order valence-corrected chi connectivity index (χ3v) is 4.33. The minimum Gasteiger partial charge on any atom is -0.481 e. The molecule has 0 heterocycles. The second-order valence-electron chi connectivity index (χ2n) is 5.76. The first-order chi connectivity index (χ1) is 11.9. The van der Waals surface area contributed by atoms with E-state index in [0.717, 1.165) is 12.1 Å². The number of carboxylic acid groups (broad SMARTS) is 1. The molecule has 2 N–H and O–H groups in total. The van der Waals surface area contributed by atoms with Crippen molar-refractivity contribution >= 4 is 11.9 Å². The molecule has 0 bridgehead atoms. The largest absolute Gasteiger partial charge is 0.481 e. The van der Waals surface area contributed by atoms with Crippen molar-refractivity contribution in [3.63, 3.8) is 0 Å². The number of rotatable bonds is 7. The number of nitrogens with one attached hydrogen (secondary N) is 1. The average Bonchev–Trinajstić information content (AvgIpc) is 2.60. The Bertz CT molecular complexity index is 744. The lowest BCUT2D eigenvalue weighted by molar-refractivity contribution is -0.144. The highest BCUT2D eigenvalue weighted by Gasteiger charge is 2.39. The highest BCUT2D eigenvalue weighted by molar-refractivity contribution is 5.84. The van der Waals surface area contributed by atoms with Gasteiger partial charge < -0.3 is 10.4 Å². The van der Waals surface area contributed by atoms with Gasteiger partial charge in [0, 0.05) is 12.1 Å². The van der Waals surface area contributed by atoms with Crippen LogP contribution in [0.1, 0.15) is 24.5 Å². The second kappa shape index (κ2) is 7.88. The molecule has 0 radical (unpaired) electrons. The molecule has 1 atom stereocenters. The van der Waals surface area contributed by atoms with Gasteiger partial charge in [-0.2, -0.15) is 0 Å². The highest BCUT2D eigenvalue weighted by Crippen LogP contribution is 2.28. The SMILES string of the molecule is CCC(CNC(=O)Cc1c(F)cccc1F)(C(=O)O)c1ccccc1. The maximum absolute atomic E-state index is 13.6. The molecule has 2 aromatic carbocycles. The predicted molar refractivity (Wildman–Crippen MR) is 89.1 cm³/mol. The minimum atomic E-state index is -1.30. The van der Waals surface area contributed by atoms with Crippen LogP contribution >= 0.6 is 0 Å². The van der Waals surface area contributed by atoms with Crippen LogP contribution in [0.4, 0.5) is 8.78 Å². The van der Waals surface area contributed by atoms with Gasteiger partial charge in [-0.05, 0) is 24.1 Å². The number of carbonyl (C=O) groups excluding carboxylic acids is 1. The fourth-order valence-electron chi connectivity index (χ4n) is 2.71. The van der Waals surface area contributed by atoms with E-state index < -0.39 is 35.3 Å². The van der Waals surface area contributed by atoms with Crippen LogP contribution in [-0.4, -0.2) is 23.5 Å². The molecule has 1 amide bonds. The Hall–Kier alpha value is -2.76. The zero-order valence-electron chi connectivity index (χ0n) is 13.8. The van der Waals surface area contributed by atoms with Crippen LogP contribution in [0.25, 0.3) is 0 Å². The zero-order chi connectivity index (χ0) is 18.4. The van der Waals surface area contributed by atoms with Gasteiger partial charge in [0.25, 0.3) is 0 Å². The molecule has 0 spiro atoms. The van der Waals surface area contributed by atoms with Crippen molar-refractivity contribution in [3.05, 3.63) is 71.3 Å². The Morgan fingerprint density at radius 1 is 1.04 bits per heavy atom. The number of aliphatic carboxylic acids is 1. The molecule has 2 aromatic rings. The van der Waals surface area contributed by atoms with Crippen molar-refractivity contribution in [1.29, 1.82) is 0 Å². The first-order valence-electron chi connectivity index (χ1n) is 7.89. The van der Waals surface area contributed by atoms with E-state index in [9.17, 15) is 23.5 Å². The van der Waals surface area contributed by atoms with Crippen LogP contribution < -0.4 is 5.32 Å². The Balaban J connectivity index is 2.16. The van der Waals surface area contributed by atoms with Crippen LogP contribution in [-0.2, 0) is 21.4 Å². The van der Waals surface area contributed by atoms with E-state index in [-0.39, 0.29) is 18.5 Å². The van der Waals surface area contributed by atoms with Gasteiger partial charge in [-0.25, -0.2) is 8.78 Å². The smallest absolute Gasteiger partial charge is 0.315 e. The van der Waals surface area contributed by atoms with Crippen LogP contribution in [0, 0.1) is 11.6 Å². The summed E-state index contributed by atoms with van der Waals surface area (Å²) in [6.07, 6.45) is -0.243. The van der Waals surface area contributed by atoms with Gasteiger partial charge >= 0.3 is 5.97 Å². The molecule has 25 heavy (non-hydrogen) atoms. The molecule has 4 nitrogen and oxygen atoms in total. The molecule has 0 aliphatic heterocycles. The standard InChI is InChI=1S/C19H19F2NO3/c1-2-19(18(24)25,13-7-4-3-5-8-13)12-22-17(23)11-14-15(20)9-6-10-16(14)21/h3-10H,2,11-12H2,1H3,(H,22,23)(H,24,25). The average molecular weight is 347 g/mol. The monoisotopic (exact) mass is 347 g/mol. The minimum absolute atomic E-state index is 0.169. The summed E-state index contributed by atoms with van der Waals surface area (Å²) in [4.78, 5) is 24.0. The van der Waals surface area contributed by atoms with Crippen LogP contribution in [0.5, 0.6) is 0 Å². The van der Waals surface area contributed by atoms with Crippen molar-refractivity contribution in [2.24, 2.45) is 0 Å². The molecule has 132 valence electrons. The number of halogens is 2. The quantitative estimate of drug-likeness (QED) is 0.809. The molecular formula is C19H19F2NO3. The Morgan fingerprint density at radius 2 is 1.64 bits per heavy atom. The van der Waals surface area contributed by atoms with Gasteiger partial charge in [0.1, 0.15) is 17.0 Å². The van der Waals surface area contributed by atoms with Crippen LogP contribution in [0.3, 0.4) is 0 Å². The van der Waals surface area contributed by atoms with Gasteiger partial charge in [-0.15, -0.1) is 0 Å². The number of hydrogen-bond acceptors (Lipinski definition) is 2. The van der Waals surface area contributed by atoms with E-state index in [0.29, 0.717) is 5.56 Å². The molecular weight excluding hydrogens is 328 g/mol. The summed E-state index contributed by atoms with van der Waals surface area (Å²) in [5.74, 6) is -3.33. The van der Waals surface area contributed by atoms with Gasteiger partial charge in [-0.1, -0.05) is 43.3 Å². The number of carbonyl (C=O) groups is 2. The van der Waals surface area contributed by atoms with E-state index in [1.807, 2.05) is 0 Å². The molecule has 0 aliphatic rings. The van der Waals surface area contributed by atoms with E-state index in [2.05, 4.69) is 5.32 Å². The summed E-state index contributed by atoms with van der Waals surface area (Å²) >= 11 is 0. The maximum atomic E-state index is 13.6. The summed E-state index contributed by atoms with van der Waals surface area (Å²) in [5.41, 5.74) is -1.08. The number of carboxylic acids is 1. The second-order valence-corrected chi connectivity index (χ2v) is 5.76. The molecule has 0 saturated carbocycles. The Labute approximate surface area is 144 Å². The third-order valence-electron chi connectivity index (χ3n) is 4.33. The molecule has 2 rings (SSSR count). The number of hydrogen-bond donors (Lipinski definition) is 2. The highest BCUT2D eigenvalue weighted by atomic mass is 19.1. The van der Waals surface area contributed by atoms with Gasteiger partial charge in [-0.3, -0.25) is 9.59 Å².